The molecule has 2 aromatic rings. The van der Waals surface area contributed by atoms with Gasteiger partial charge in [0.25, 0.3) is 11.8 Å². The summed E-state index contributed by atoms with van der Waals surface area (Å²) in [5, 5.41) is 0.831. The van der Waals surface area contributed by atoms with Gasteiger partial charge < -0.3 is 0 Å². The highest BCUT2D eigenvalue weighted by Gasteiger charge is 2.41. The summed E-state index contributed by atoms with van der Waals surface area (Å²) in [6, 6.07) is 10.6. The average Bonchev–Trinajstić information content (AvgIpc) is 2.80. The Kier molecular flexibility index (Phi) is 5.47. The lowest BCUT2D eigenvalue weighted by molar-refractivity contribution is -0.119. The maximum atomic E-state index is 13.2. The third-order valence-corrected chi connectivity index (χ3v) is 5.63. The molecule has 0 bridgehead atoms. The number of benzene rings is 2. The van der Waals surface area contributed by atoms with E-state index in [2.05, 4.69) is 0 Å². The number of hydrogen-bond acceptors (Lipinski definition) is 3. The van der Waals surface area contributed by atoms with Gasteiger partial charge in [-0.15, -0.1) is 11.8 Å². The minimum Gasteiger partial charge on any atom is -0.268 e. The van der Waals surface area contributed by atoms with Crippen molar-refractivity contribution < 1.29 is 9.59 Å². The Balaban J connectivity index is 2.15. The van der Waals surface area contributed by atoms with E-state index in [9.17, 15) is 9.59 Å². The highest BCUT2D eigenvalue weighted by Crippen LogP contribution is 2.41. The van der Waals surface area contributed by atoms with Crippen molar-refractivity contribution in [1.82, 2.24) is 0 Å². The van der Waals surface area contributed by atoms with E-state index in [-0.39, 0.29) is 11.8 Å². The van der Waals surface area contributed by atoms with E-state index < -0.39 is 0 Å². The number of carbonyl (C=O) groups excluding carboxylic acids is 2. The molecule has 0 unspecified atom stereocenters. The van der Waals surface area contributed by atoms with Crippen LogP contribution >= 0.6 is 35.0 Å². The molecule has 0 saturated carbocycles. The van der Waals surface area contributed by atoms with Gasteiger partial charge >= 0.3 is 0 Å². The Morgan fingerprint density at radius 2 is 1.73 bits per heavy atom. The number of halogens is 2. The molecular formula is C20H17Cl2NO2S. The van der Waals surface area contributed by atoms with Gasteiger partial charge in [-0.2, -0.15) is 0 Å². The van der Waals surface area contributed by atoms with E-state index in [1.807, 2.05) is 32.9 Å². The van der Waals surface area contributed by atoms with Gasteiger partial charge in [0, 0.05) is 10.6 Å². The lowest BCUT2D eigenvalue weighted by Crippen LogP contribution is -2.32. The predicted molar refractivity (Wildman–Crippen MR) is 110 cm³/mol. The van der Waals surface area contributed by atoms with Gasteiger partial charge in [0.2, 0.25) is 0 Å². The van der Waals surface area contributed by atoms with Crippen molar-refractivity contribution in [2.45, 2.75) is 20.8 Å². The number of imide groups is 1. The second-order valence-electron chi connectivity index (χ2n) is 6.00. The van der Waals surface area contributed by atoms with Crippen LogP contribution in [0, 0.1) is 13.8 Å². The van der Waals surface area contributed by atoms with Crippen LogP contribution < -0.4 is 4.90 Å². The summed E-state index contributed by atoms with van der Waals surface area (Å²) in [6.45, 7) is 5.80. The van der Waals surface area contributed by atoms with Crippen LogP contribution in [-0.2, 0) is 9.59 Å². The smallest absolute Gasteiger partial charge is 0.268 e. The number of carbonyl (C=O) groups is 2. The summed E-state index contributed by atoms with van der Waals surface area (Å²) in [5.74, 6) is 0.000924. The molecule has 6 heteroatoms. The summed E-state index contributed by atoms with van der Waals surface area (Å²) < 4.78 is 0. The van der Waals surface area contributed by atoms with E-state index in [0.717, 1.165) is 11.1 Å². The van der Waals surface area contributed by atoms with Gasteiger partial charge in [-0.3, -0.25) is 9.59 Å². The van der Waals surface area contributed by atoms with Crippen molar-refractivity contribution in [2.24, 2.45) is 0 Å². The van der Waals surface area contributed by atoms with Crippen LogP contribution in [0.4, 0.5) is 5.69 Å². The Hall–Kier alpha value is -1.75. The molecule has 2 aromatic carbocycles. The third-order valence-electron chi connectivity index (χ3n) is 4.12. The van der Waals surface area contributed by atoms with E-state index in [1.54, 1.807) is 24.3 Å². The number of hydrogen-bond donors (Lipinski definition) is 0. The van der Waals surface area contributed by atoms with Crippen molar-refractivity contribution in [1.29, 1.82) is 0 Å². The second-order valence-corrected chi connectivity index (χ2v) is 8.11. The summed E-state index contributed by atoms with van der Waals surface area (Å²) in [5.41, 5.74) is 3.40. The summed E-state index contributed by atoms with van der Waals surface area (Å²) in [6.07, 6.45) is 0. The molecule has 0 radical (unpaired) electrons. The molecular weight excluding hydrogens is 389 g/mol. The first-order valence-electron chi connectivity index (χ1n) is 8.13. The Morgan fingerprint density at radius 1 is 1.00 bits per heavy atom. The first-order valence-corrected chi connectivity index (χ1v) is 9.87. The van der Waals surface area contributed by atoms with Crippen LogP contribution in [0.5, 0.6) is 0 Å². The summed E-state index contributed by atoms with van der Waals surface area (Å²) in [4.78, 5) is 27.9. The number of amides is 2. The van der Waals surface area contributed by atoms with Crippen LogP contribution in [0.1, 0.15) is 23.6 Å². The molecule has 0 spiro atoms. The molecule has 0 N–H and O–H groups in total. The Labute approximate surface area is 167 Å². The van der Waals surface area contributed by atoms with E-state index in [1.165, 1.54) is 16.7 Å². The quantitative estimate of drug-likeness (QED) is 0.616. The first-order chi connectivity index (χ1) is 12.3. The topological polar surface area (TPSA) is 37.4 Å². The van der Waals surface area contributed by atoms with Gasteiger partial charge in [-0.05, 0) is 43.4 Å². The maximum absolute atomic E-state index is 13.2. The highest BCUT2D eigenvalue weighted by molar-refractivity contribution is 8.04. The molecule has 134 valence electrons. The normalized spacial score (nSPS) is 14.6. The molecule has 1 aliphatic rings. The maximum Gasteiger partial charge on any atom is 0.272 e. The number of aryl methyl sites for hydroxylation is 2. The van der Waals surface area contributed by atoms with E-state index >= 15 is 0 Å². The van der Waals surface area contributed by atoms with Crippen molar-refractivity contribution in [3.05, 3.63) is 68.0 Å². The zero-order valence-electron chi connectivity index (χ0n) is 14.6. The average molecular weight is 406 g/mol. The summed E-state index contributed by atoms with van der Waals surface area (Å²) in [7, 11) is 0. The molecule has 0 aromatic heterocycles. The van der Waals surface area contributed by atoms with Crippen LogP contribution in [0.3, 0.4) is 0 Å². The van der Waals surface area contributed by atoms with E-state index in [4.69, 9.17) is 23.2 Å². The van der Waals surface area contributed by atoms with Gasteiger partial charge in [-0.1, -0.05) is 53.9 Å². The van der Waals surface area contributed by atoms with Crippen molar-refractivity contribution in [3.63, 3.8) is 0 Å². The molecule has 0 fully saturated rings. The number of anilines is 1. The fourth-order valence-corrected chi connectivity index (χ4v) is 4.34. The summed E-state index contributed by atoms with van der Waals surface area (Å²) >= 11 is 13.7. The molecule has 1 aliphatic heterocycles. The SMILES string of the molecule is CCSC1=C(c2ccc(Cl)cc2Cl)C(=O)N(c2ccc(C)cc2C)C1=O. The van der Waals surface area contributed by atoms with Crippen LogP contribution in [-0.4, -0.2) is 17.6 Å². The van der Waals surface area contributed by atoms with Gasteiger partial charge in [0.15, 0.2) is 0 Å². The van der Waals surface area contributed by atoms with Crippen molar-refractivity contribution in [3.8, 4) is 0 Å². The third kappa shape index (κ3) is 3.29. The lowest BCUT2D eigenvalue weighted by atomic mass is 10.1. The van der Waals surface area contributed by atoms with Gasteiger partial charge in [-0.25, -0.2) is 4.90 Å². The van der Waals surface area contributed by atoms with Gasteiger partial charge in [0.1, 0.15) is 0 Å². The molecule has 0 aliphatic carbocycles. The Morgan fingerprint density at radius 3 is 2.35 bits per heavy atom. The highest BCUT2D eigenvalue weighted by atomic mass is 35.5. The molecule has 2 amide bonds. The van der Waals surface area contributed by atoms with Crippen molar-refractivity contribution in [2.75, 3.05) is 10.7 Å². The monoisotopic (exact) mass is 405 g/mol. The zero-order chi connectivity index (χ0) is 19.0. The molecule has 1 heterocycles. The van der Waals surface area contributed by atoms with Crippen LogP contribution in [0.15, 0.2) is 41.3 Å². The fourth-order valence-electron chi connectivity index (χ4n) is 2.99. The zero-order valence-corrected chi connectivity index (χ0v) is 16.9. The second kappa shape index (κ2) is 7.47. The minimum absolute atomic E-state index is 0.310. The fraction of sp³-hybridized carbons (Fsp3) is 0.200. The van der Waals surface area contributed by atoms with Crippen molar-refractivity contribution >= 4 is 58.0 Å². The molecule has 3 nitrogen and oxygen atoms in total. The number of nitrogens with zero attached hydrogens (tertiary/aromatic N) is 1. The molecule has 26 heavy (non-hydrogen) atoms. The van der Waals surface area contributed by atoms with Gasteiger partial charge in [0.05, 0.1) is 21.2 Å². The number of rotatable bonds is 4. The Bertz CT molecular complexity index is 953. The minimum atomic E-state index is -0.359. The molecule has 0 saturated heterocycles. The lowest BCUT2D eigenvalue weighted by Gasteiger charge is -2.18. The largest absolute Gasteiger partial charge is 0.272 e. The first kappa shape index (κ1) is 19.0. The standard InChI is InChI=1S/C20H17Cl2NO2S/c1-4-26-18-17(14-7-6-13(21)10-15(14)22)19(24)23(20(18)25)16-8-5-11(2)9-12(16)3/h5-10H,4H2,1-3H3. The molecule has 3 rings (SSSR count). The molecule has 0 atom stereocenters. The van der Waals surface area contributed by atoms with Crippen LogP contribution in [0.2, 0.25) is 10.0 Å². The predicted octanol–water partition coefficient (Wildman–Crippen LogP) is 5.65. The van der Waals surface area contributed by atoms with E-state index in [0.29, 0.717) is 37.5 Å². The number of thioether (sulfide) groups is 1. The van der Waals surface area contributed by atoms with Crippen LogP contribution in [0.25, 0.3) is 5.57 Å².